The second kappa shape index (κ2) is 8.79. The van der Waals surface area contributed by atoms with E-state index >= 15 is 0 Å². The average Bonchev–Trinajstić information content (AvgIpc) is 2.43. The highest BCUT2D eigenvalue weighted by Gasteiger charge is 2.06. The molecular formula is C14H11BrI2N2O3. The zero-order valence-electron chi connectivity index (χ0n) is 11.0. The third-order valence-electron chi connectivity index (χ3n) is 2.51. The zero-order valence-corrected chi connectivity index (χ0v) is 16.9. The molecule has 2 aromatic carbocycles. The minimum Gasteiger partial charge on any atom is -0.506 e. The van der Waals surface area contributed by atoms with Crippen molar-refractivity contribution >= 4 is 73.2 Å². The van der Waals surface area contributed by atoms with Crippen molar-refractivity contribution < 1.29 is 15.4 Å². The van der Waals surface area contributed by atoms with Gasteiger partial charge in [-0.3, -0.25) is 4.79 Å². The number of phenols is 1. The predicted octanol–water partition coefficient (Wildman–Crippen LogP) is 3.30. The van der Waals surface area contributed by atoms with Crippen LogP contribution in [0.3, 0.4) is 0 Å². The van der Waals surface area contributed by atoms with Gasteiger partial charge < -0.3 is 10.6 Å². The van der Waals surface area contributed by atoms with Crippen LogP contribution in [0.15, 0.2) is 46.0 Å². The minimum absolute atomic E-state index is 0. The van der Waals surface area contributed by atoms with Gasteiger partial charge in [0.25, 0.3) is 5.91 Å². The van der Waals surface area contributed by atoms with Gasteiger partial charge in [0, 0.05) is 19.2 Å². The Morgan fingerprint density at radius 3 is 2.68 bits per heavy atom. The molecule has 0 atom stereocenters. The molecular weight excluding hydrogens is 578 g/mol. The van der Waals surface area contributed by atoms with Gasteiger partial charge in [-0.25, -0.2) is 5.43 Å². The van der Waals surface area contributed by atoms with Gasteiger partial charge in [-0.2, -0.15) is 5.10 Å². The van der Waals surface area contributed by atoms with Crippen molar-refractivity contribution in [3.63, 3.8) is 0 Å². The number of hydrogen-bond donors (Lipinski definition) is 2. The summed E-state index contributed by atoms with van der Waals surface area (Å²) in [6.07, 6.45) is 1.43. The zero-order chi connectivity index (χ0) is 15.4. The second-order valence-corrected chi connectivity index (χ2v) is 7.36. The van der Waals surface area contributed by atoms with Crippen LogP contribution in [0.1, 0.15) is 15.9 Å². The molecule has 1 amide bonds. The van der Waals surface area contributed by atoms with E-state index in [9.17, 15) is 9.90 Å². The van der Waals surface area contributed by atoms with Gasteiger partial charge in [-0.15, -0.1) is 0 Å². The molecule has 0 aliphatic rings. The summed E-state index contributed by atoms with van der Waals surface area (Å²) in [6, 6.07) is 10.7. The number of carbonyl (C=O) groups is 1. The van der Waals surface area contributed by atoms with Gasteiger partial charge in [0.15, 0.2) is 0 Å². The van der Waals surface area contributed by atoms with Crippen LogP contribution in [0, 0.1) is 7.14 Å². The van der Waals surface area contributed by atoms with Crippen LogP contribution < -0.4 is 5.43 Å². The van der Waals surface area contributed by atoms with E-state index in [2.05, 4.69) is 49.0 Å². The topological polar surface area (TPSA) is 93.2 Å². The molecule has 0 fully saturated rings. The lowest BCUT2D eigenvalue weighted by atomic mass is 10.2. The lowest BCUT2D eigenvalue weighted by Crippen LogP contribution is -2.17. The smallest absolute Gasteiger partial charge is 0.271 e. The maximum absolute atomic E-state index is 11.9. The van der Waals surface area contributed by atoms with Crippen LogP contribution in [0.4, 0.5) is 0 Å². The molecule has 0 aromatic heterocycles. The van der Waals surface area contributed by atoms with Gasteiger partial charge in [0.05, 0.1) is 9.78 Å². The Morgan fingerprint density at radius 2 is 2.00 bits per heavy atom. The fourth-order valence-corrected chi connectivity index (χ4v) is 3.83. The monoisotopic (exact) mass is 588 g/mol. The Hall–Kier alpha value is -0.720. The minimum atomic E-state index is -0.313. The summed E-state index contributed by atoms with van der Waals surface area (Å²) < 4.78 is 2.54. The molecule has 5 nitrogen and oxygen atoms in total. The first kappa shape index (κ1) is 19.3. The number of benzene rings is 2. The van der Waals surface area contributed by atoms with Gasteiger partial charge in [0.1, 0.15) is 5.75 Å². The van der Waals surface area contributed by atoms with E-state index in [0.717, 1.165) is 11.6 Å². The molecule has 0 radical (unpaired) electrons. The summed E-state index contributed by atoms with van der Waals surface area (Å²) in [6.45, 7) is 0. The maximum atomic E-state index is 11.9. The number of halogens is 3. The molecule has 22 heavy (non-hydrogen) atoms. The third-order valence-corrected chi connectivity index (χ3v) is 4.45. The fraction of sp³-hybridized carbons (Fsp3) is 0. The number of carbonyl (C=O) groups excluding carboxylic acids is 1. The third kappa shape index (κ3) is 5.18. The lowest BCUT2D eigenvalue weighted by Gasteiger charge is -2.03. The van der Waals surface area contributed by atoms with Crippen LogP contribution in [-0.2, 0) is 0 Å². The summed E-state index contributed by atoms with van der Waals surface area (Å²) in [5.74, 6) is -0.163. The molecule has 0 saturated heterocycles. The van der Waals surface area contributed by atoms with E-state index < -0.39 is 0 Å². The first-order valence-electron chi connectivity index (χ1n) is 5.74. The quantitative estimate of drug-likeness (QED) is 0.327. The average molecular weight is 589 g/mol. The summed E-state index contributed by atoms with van der Waals surface area (Å²) in [4.78, 5) is 11.9. The van der Waals surface area contributed by atoms with E-state index in [1.165, 1.54) is 6.21 Å². The molecule has 0 aliphatic carbocycles. The Morgan fingerprint density at radius 1 is 1.27 bits per heavy atom. The lowest BCUT2D eigenvalue weighted by molar-refractivity contribution is 0.0955. The van der Waals surface area contributed by atoms with Crippen molar-refractivity contribution in [2.75, 3.05) is 0 Å². The van der Waals surface area contributed by atoms with Gasteiger partial charge in [0.2, 0.25) is 0 Å². The van der Waals surface area contributed by atoms with E-state index in [1.807, 2.05) is 34.7 Å². The summed E-state index contributed by atoms with van der Waals surface area (Å²) in [7, 11) is 0. The Labute approximate surface area is 162 Å². The molecule has 0 bridgehead atoms. The summed E-state index contributed by atoms with van der Waals surface area (Å²) in [5, 5.41) is 13.8. The van der Waals surface area contributed by atoms with Crippen LogP contribution in [0.2, 0.25) is 0 Å². The molecule has 8 heteroatoms. The first-order chi connectivity index (χ1) is 9.97. The number of nitrogens with zero attached hydrogens (tertiary/aromatic N) is 1. The predicted molar refractivity (Wildman–Crippen MR) is 106 cm³/mol. The standard InChI is InChI=1S/C14H9BrI2N2O2.H2O/c15-10-3-1-2-8(4-10)14(21)19-18-7-9-5-11(16)6-12(17)13(9)20;/h1-7,20H,(H,19,21);1H2/b18-7+;. The second-order valence-electron chi connectivity index (χ2n) is 4.03. The van der Waals surface area contributed by atoms with E-state index in [0.29, 0.717) is 11.1 Å². The molecule has 0 saturated carbocycles. The summed E-state index contributed by atoms with van der Waals surface area (Å²) in [5.41, 5.74) is 3.49. The van der Waals surface area contributed by atoms with Crippen LogP contribution in [0.25, 0.3) is 0 Å². The highest BCUT2D eigenvalue weighted by molar-refractivity contribution is 14.1. The van der Waals surface area contributed by atoms with Crippen molar-refractivity contribution in [3.8, 4) is 5.75 Å². The van der Waals surface area contributed by atoms with Gasteiger partial charge in [-0.05, 0) is 75.5 Å². The highest BCUT2D eigenvalue weighted by Crippen LogP contribution is 2.25. The Bertz CT molecular complexity index is 723. The first-order valence-corrected chi connectivity index (χ1v) is 8.69. The van der Waals surface area contributed by atoms with E-state index in [4.69, 9.17) is 0 Å². The largest absolute Gasteiger partial charge is 0.506 e. The van der Waals surface area contributed by atoms with Crippen molar-refractivity contribution in [2.24, 2.45) is 5.10 Å². The molecule has 0 unspecified atom stereocenters. The number of nitrogens with one attached hydrogen (secondary N) is 1. The molecule has 0 aliphatic heterocycles. The number of amides is 1. The van der Waals surface area contributed by atoms with Crippen LogP contribution in [0.5, 0.6) is 5.75 Å². The van der Waals surface area contributed by atoms with Crippen molar-refractivity contribution in [3.05, 3.63) is 59.1 Å². The Balaban J connectivity index is 0.00000242. The fourth-order valence-electron chi connectivity index (χ4n) is 1.54. The highest BCUT2D eigenvalue weighted by atomic mass is 127. The van der Waals surface area contributed by atoms with Crippen LogP contribution >= 0.6 is 61.1 Å². The number of aromatic hydroxyl groups is 1. The van der Waals surface area contributed by atoms with E-state index in [1.54, 1.807) is 24.3 Å². The molecule has 0 heterocycles. The molecule has 116 valence electrons. The normalized spacial score (nSPS) is 10.3. The Kier molecular flexibility index (Phi) is 7.72. The molecule has 0 spiro atoms. The SMILES string of the molecule is O.O=C(N/N=C/c1cc(I)cc(I)c1O)c1cccc(Br)c1. The molecule has 2 aromatic rings. The number of phenolic OH excluding ortho intramolecular Hbond substituents is 1. The van der Waals surface area contributed by atoms with Gasteiger partial charge >= 0.3 is 0 Å². The van der Waals surface area contributed by atoms with Crippen molar-refractivity contribution in [1.29, 1.82) is 0 Å². The summed E-state index contributed by atoms with van der Waals surface area (Å²) >= 11 is 7.51. The molecule has 2 rings (SSSR count). The van der Waals surface area contributed by atoms with Crippen molar-refractivity contribution in [2.45, 2.75) is 0 Å². The van der Waals surface area contributed by atoms with Crippen LogP contribution in [-0.4, -0.2) is 22.7 Å². The van der Waals surface area contributed by atoms with Gasteiger partial charge in [-0.1, -0.05) is 22.0 Å². The van der Waals surface area contributed by atoms with E-state index in [-0.39, 0.29) is 17.1 Å². The number of hydrazone groups is 1. The number of hydrogen-bond acceptors (Lipinski definition) is 3. The van der Waals surface area contributed by atoms with Crippen molar-refractivity contribution in [1.82, 2.24) is 5.43 Å². The molecule has 4 N–H and O–H groups in total. The maximum Gasteiger partial charge on any atom is 0.271 e. The number of rotatable bonds is 3.